The van der Waals surface area contributed by atoms with Crippen molar-refractivity contribution < 1.29 is 13.9 Å². The van der Waals surface area contributed by atoms with Crippen LogP contribution >= 0.6 is 11.3 Å². The van der Waals surface area contributed by atoms with Crippen LogP contribution in [0.25, 0.3) is 20.4 Å². The Morgan fingerprint density at radius 3 is 2.81 bits per heavy atom. The number of halogens is 2. The zero-order chi connectivity index (χ0) is 15.3. The molecule has 0 aliphatic carbocycles. The number of hydrogen-bond donors (Lipinski definition) is 2. The third-order valence-electron chi connectivity index (χ3n) is 3.53. The van der Waals surface area contributed by atoms with Gasteiger partial charge in [-0.25, -0.2) is 13.8 Å². The summed E-state index contributed by atoms with van der Waals surface area (Å²) in [6.07, 6.45) is -2.14. The molecule has 0 radical (unpaired) electrons. The number of pyridine rings is 2. The summed E-state index contributed by atoms with van der Waals surface area (Å²) in [6.45, 7) is 3.46. The molecule has 0 atom stereocenters. The summed E-state index contributed by atoms with van der Waals surface area (Å²) in [5.74, 6) is -0.215. The molecule has 0 bridgehead atoms. The maximum absolute atomic E-state index is 13.5. The number of nitrogens with one attached hydrogen (secondary N) is 1. The van der Waals surface area contributed by atoms with Gasteiger partial charge in [0.25, 0.3) is 12.0 Å². The van der Waals surface area contributed by atoms with Crippen molar-refractivity contribution in [3.63, 3.8) is 0 Å². The number of aromatic nitrogens is 2. The van der Waals surface area contributed by atoms with Crippen LogP contribution in [0.3, 0.4) is 0 Å². The predicted molar refractivity (Wildman–Crippen MR) is 78.5 cm³/mol. The van der Waals surface area contributed by atoms with Crippen LogP contribution < -0.4 is 5.56 Å². The van der Waals surface area contributed by atoms with Gasteiger partial charge in [0, 0.05) is 22.7 Å². The number of aryl methyl sites for hydroxylation is 1. The average molecular weight is 310 g/mol. The van der Waals surface area contributed by atoms with E-state index in [0.29, 0.717) is 27.2 Å². The van der Waals surface area contributed by atoms with Crippen molar-refractivity contribution in [3.05, 3.63) is 33.2 Å². The van der Waals surface area contributed by atoms with E-state index in [9.17, 15) is 18.7 Å². The molecule has 0 spiro atoms. The molecule has 3 aromatic heterocycles. The molecule has 110 valence electrons. The summed E-state index contributed by atoms with van der Waals surface area (Å²) in [6, 6.07) is 1.04. The van der Waals surface area contributed by atoms with Crippen LogP contribution in [0.1, 0.15) is 30.2 Å². The smallest absolute Gasteiger partial charge is 0.264 e. The summed E-state index contributed by atoms with van der Waals surface area (Å²) in [5, 5.41) is 10.1. The van der Waals surface area contributed by atoms with Crippen LogP contribution in [0.4, 0.5) is 8.78 Å². The summed E-state index contributed by atoms with van der Waals surface area (Å²) in [7, 11) is 0. The number of fused-ring (bicyclic) bond motifs is 3. The molecule has 21 heavy (non-hydrogen) atoms. The minimum Gasteiger partial charge on any atom is -0.506 e. The fourth-order valence-corrected chi connectivity index (χ4v) is 3.64. The lowest BCUT2D eigenvalue weighted by Gasteiger charge is -2.10. The summed E-state index contributed by atoms with van der Waals surface area (Å²) in [5.41, 5.74) is 0.616. The lowest BCUT2D eigenvalue weighted by molar-refractivity contribution is 0.152. The van der Waals surface area contributed by atoms with Gasteiger partial charge in [0.2, 0.25) is 0 Å². The Bertz CT molecular complexity index is 915. The molecule has 0 fully saturated rings. The monoisotopic (exact) mass is 310 g/mol. The lowest BCUT2D eigenvalue weighted by Crippen LogP contribution is -2.04. The first kappa shape index (κ1) is 13.9. The second-order valence-corrected chi connectivity index (χ2v) is 5.76. The molecule has 0 saturated heterocycles. The van der Waals surface area contributed by atoms with Crippen LogP contribution in [0.5, 0.6) is 5.75 Å². The molecule has 4 nitrogen and oxygen atoms in total. The molecule has 3 heterocycles. The summed E-state index contributed by atoms with van der Waals surface area (Å²) >= 11 is 1.10. The molecule has 0 unspecified atom stereocenters. The molecule has 2 N–H and O–H groups in total. The second kappa shape index (κ2) is 4.77. The number of aromatic hydroxyl groups is 1. The highest BCUT2D eigenvalue weighted by Crippen LogP contribution is 2.41. The van der Waals surface area contributed by atoms with Crippen molar-refractivity contribution >= 4 is 31.8 Å². The zero-order valence-electron chi connectivity index (χ0n) is 11.3. The van der Waals surface area contributed by atoms with Gasteiger partial charge in [0.1, 0.15) is 10.6 Å². The van der Waals surface area contributed by atoms with Crippen molar-refractivity contribution in [2.75, 3.05) is 0 Å². The van der Waals surface area contributed by atoms with E-state index in [2.05, 4.69) is 9.97 Å². The predicted octanol–water partition coefficient (Wildman–Crippen LogP) is 3.65. The van der Waals surface area contributed by atoms with Crippen molar-refractivity contribution in [1.82, 2.24) is 9.97 Å². The number of nitrogens with zero attached hydrogens (tertiary/aromatic N) is 1. The maximum Gasteiger partial charge on any atom is 0.264 e. The Hall–Kier alpha value is -2.02. The molecule has 3 aromatic rings. The SMILES string of the molecule is CCc1nc2sc3c(O)cc(=O)[nH]c3c2c(C(F)F)c1C. The Kier molecular flexibility index (Phi) is 3.16. The van der Waals surface area contributed by atoms with Gasteiger partial charge in [-0.1, -0.05) is 6.92 Å². The lowest BCUT2D eigenvalue weighted by atomic mass is 10.0. The number of aromatic amines is 1. The number of H-pyrrole nitrogens is 1. The van der Waals surface area contributed by atoms with Crippen LogP contribution in [0.15, 0.2) is 10.9 Å². The highest BCUT2D eigenvalue weighted by molar-refractivity contribution is 7.25. The van der Waals surface area contributed by atoms with Crippen molar-refractivity contribution in [3.8, 4) is 5.75 Å². The van der Waals surface area contributed by atoms with E-state index in [1.807, 2.05) is 6.92 Å². The normalized spacial score (nSPS) is 11.9. The second-order valence-electron chi connectivity index (χ2n) is 4.76. The highest BCUT2D eigenvalue weighted by atomic mass is 32.1. The highest BCUT2D eigenvalue weighted by Gasteiger charge is 2.23. The van der Waals surface area contributed by atoms with Gasteiger partial charge >= 0.3 is 0 Å². The Labute approximate surface area is 122 Å². The van der Waals surface area contributed by atoms with Gasteiger partial charge in [0.15, 0.2) is 0 Å². The molecule has 0 saturated carbocycles. The molecular formula is C14H12F2N2O2S. The van der Waals surface area contributed by atoms with Crippen LogP contribution in [-0.4, -0.2) is 15.1 Å². The van der Waals surface area contributed by atoms with E-state index in [1.54, 1.807) is 6.92 Å². The third-order valence-corrected chi connectivity index (χ3v) is 4.64. The van der Waals surface area contributed by atoms with Gasteiger partial charge in [0.05, 0.1) is 10.2 Å². The maximum atomic E-state index is 13.5. The Morgan fingerprint density at radius 1 is 1.48 bits per heavy atom. The molecule has 3 rings (SSSR count). The van der Waals surface area contributed by atoms with Gasteiger partial charge < -0.3 is 10.1 Å². The van der Waals surface area contributed by atoms with Crippen molar-refractivity contribution in [2.45, 2.75) is 26.7 Å². The average Bonchev–Trinajstić information content (AvgIpc) is 2.76. The summed E-state index contributed by atoms with van der Waals surface area (Å²) in [4.78, 5) is 18.9. The van der Waals surface area contributed by atoms with Gasteiger partial charge in [-0.2, -0.15) is 0 Å². The Balaban J connectivity index is 2.60. The van der Waals surface area contributed by atoms with Gasteiger partial charge in [-0.05, 0) is 18.9 Å². The zero-order valence-corrected chi connectivity index (χ0v) is 12.1. The number of alkyl halides is 2. The quantitative estimate of drug-likeness (QED) is 0.759. The van der Waals surface area contributed by atoms with Gasteiger partial charge in [-0.15, -0.1) is 11.3 Å². The molecule has 7 heteroatoms. The first-order valence-corrected chi connectivity index (χ1v) is 7.21. The van der Waals surface area contributed by atoms with E-state index in [1.165, 1.54) is 0 Å². The first-order chi connectivity index (χ1) is 9.93. The van der Waals surface area contributed by atoms with E-state index < -0.39 is 12.0 Å². The largest absolute Gasteiger partial charge is 0.506 e. The standard InChI is InChI=1S/C14H12F2N2O2S/c1-3-6-5(2)9(13(15)16)10-11-12(21-14(10)17-6)7(19)4-8(20)18-11/h4,13H,3H2,1-2H3,(H2,18,19,20). The summed E-state index contributed by atoms with van der Waals surface area (Å²) < 4.78 is 27.4. The topological polar surface area (TPSA) is 66.0 Å². The van der Waals surface area contributed by atoms with Crippen molar-refractivity contribution in [1.29, 1.82) is 0 Å². The molecule has 0 amide bonds. The molecular weight excluding hydrogens is 298 g/mol. The van der Waals surface area contributed by atoms with Gasteiger partial charge in [-0.3, -0.25) is 4.79 Å². The number of thiophene rings is 1. The fourth-order valence-electron chi connectivity index (χ4n) is 2.56. The first-order valence-electron chi connectivity index (χ1n) is 6.40. The van der Waals surface area contributed by atoms with Crippen LogP contribution in [0, 0.1) is 6.92 Å². The van der Waals surface area contributed by atoms with Crippen molar-refractivity contribution in [2.24, 2.45) is 0 Å². The number of rotatable bonds is 2. The Morgan fingerprint density at radius 2 is 2.19 bits per heavy atom. The molecule has 0 aromatic carbocycles. The van der Waals surface area contributed by atoms with Crippen LogP contribution in [-0.2, 0) is 6.42 Å². The molecule has 0 aliphatic heterocycles. The fraction of sp³-hybridized carbons (Fsp3) is 0.286. The van der Waals surface area contributed by atoms with E-state index in [4.69, 9.17) is 0 Å². The van der Waals surface area contributed by atoms with E-state index >= 15 is 0 Å². The third kappa shape index (κ3) is 1.99. The minimum absolute atomic E-state index is 0.121. The van der Waals surface area contributed by atoms with E-state index in [0.717, 1.165) is 17.4 Å². The molecule has 0 aliphatic rings. The minimum atomic E-state index is -2.68. The van der Waals surface area contributed by atoms with Crippen LogP contribution in [0.2, 0.25) is 0 Å². The number of hydrogen-bond acceptors (Lipinski definition) is 4. The van der Waals surface area contributed by atoms with E-state index in [-0.39, 0.29) is 22.2 Å².